The highest BCUT2D eigenvalue weighted by molar-refractivity contribution is 5.90. The Labute approximate surface area is 100 Å². The summed E-state index contributed by atoms with van der Waals surface area (Å²) in [5, 5.41) is 8.99. The molecule has 92 valence electrons. The molecule has 0 spiro atoms. The second-order valence-corrected chi connectivity index (χ2v) is 4.18. The van der Waals surface area contributed by atoms with Crippen LogP contribution in [0.15, 0.2) is 18.2 Å². The van der Waals surface area contributed by atoms with E-state index in [9.17, 15) is 4.79 Å². The van der Waals surface area contributed by atoms with E-state index >= 15 is 0 Å². The summed E-state index contributed by atoms with van der Waals surface area (Å²) in [7, 11) is 0. The first kappa shape index (κ1) is 11.9. The van der Waals surface area contributed by atoms with Crippen molar-refractivity contribution >= 4 is 5.97 Å². The molecule has 17 heavy (non-hydrogen) atoms. The average molecular weight is 236 g/mol. The fraction of sp³-hybridized carbons (Fsp3) is 0.462. The first-order chi connectivity index (χ1) is 8.18. The van der Waals surface area contributed by atoms with Gasteiger partial charge in [0.1, 0.15) is 12.4 Å². The van der Waals surface area contributed by atoms with Crippen LogP contribution in [-0.2, 0) is 4.74 Å². The van der Waals surface area contributed by atoms with Crippen LogP contribution in [0.2, 0.25) is 0 Å². The van der Waals surface area contributed by atoms with Gasteiger partial charge in [-0.05, 0) is 31.9 Å². The molecule has 2 rings (SSSR count). The van der Waals surface area contributed by atoms with E-state index in [1.165, 1.54) is 0 Å². The van der Waals surface area contributed by atoms with Crippen molar-refractivity contribution in [1.82, 2.24) is 0 Å². The van der Waals surface area contributed by atoms with Crippen LogP contribution < -0.4 is 4.74 Å². The minimum Gasteiger partial charge on any atom is -0.491 e. The molecule has 1 aliphatic heterocycles. The molecule has 0 saturated carbocycles. The van der Waals surface area contributed by atoms with Gasteiger partial charge in [0.15, 0.2) is 0 Å². The van der Waals surface area contributed by atoms with Gasteiger partial charge in [0.2, 0.25) is 0 Å². The molecule has 1 atom stereocenters. The number of carboxylic acid groups (broad SMARTS) is 1. The fourth-order valence-corrected chi connectivity index (χ4v) is 1.96. The lowest BCUT2D eigenvalue weighted by atomic mass is 10.1. The molecule has 1 aromatic carbocycles. The molecule has 1 fully saturated rings. The van der Waals surface area contributed by atoms with Gasteiger partial charge in [-0.25, -0.2) is 4.79 Å². The van der Waals surface area contributed by atoms with Gasteiger partial charge >= 0.3 is 5.97 Å². The van der Waals surface area contributed by atoms with E-state index in [4.69, 9.17) is 14.6 Å². The lowest BCUT2D eigenvalue weighted by Crippen LogP contribution is -2.17. The molecular formula is C13H16O4. The maximum atomic E-state index is 11.0. The lowest BCUT2D eigenvalue weighted by Gasteiger charge is -2.14. The highest BCUT2D eigenvalue weighted by Crippen LogP contribution is 2.22. The first-order valence-electron chi connectivity index (χ1n) is 5.76. The summed E-state index contributed by atoms with van der Waals surface area (Å²) in [4.78, 5) is 11.0. The van der Waals surface area contributed by atoms with Crippen molar-refractivity contribution in [3.05, 3.63) is 29.3 Å². The normalized spacial score (nSPS) is 19.2. The monoisotopic (exact) mass is 236 g/mol. The smallest absolute Gasteiger partial charge is 0.336 e. The number of hydrogen-bond donors (Lipinski definition) is 1. The first-order valence-corrected chi connectivity index (χ1v) is 5.76. The van der Waals surface area contributed by atoms with Gasteiger partial charge in [0.25, 0.3) is 0 Å². The third-order valence-corrected chi connectivity index (χ3v) is 2.96. The lowest BCUT2D eigenvalue weighted by molar-refractivity contribution is 0.0669. The van der Waals surface area contributed by atoms with Crippen molar-refractivity contribution < 1.29 is 19.4 Å². The third-order valence-electron chi connectivity index (χ3n) is 2.96. The number of carbonyl (C=O) groups is 1. The summed E-state index contributed by atoms with van der Waals surface area (Å²) in [5.74, 6) is -0.300. The van der Waals surface area contributed by atoms with Crippen LogP contribution in [-0.4, -0.2) is 30.4 Å². The van der Waals surface area contributed by atoms with E-state index in [-0.39, 0.29) is 11.7 Å². The number of hydrogen-bond acceptors (Lipinski definition) is 3. The molecule has 1 N–H and O–H groups in total. The Bertz CT molecular complexity index is 408. The molecule has 4 nitrogen and oxygen atoms in total. The van der Waals surface area contributed by atoms with Crippen LogP contribution in [0.4, 0.5) is 0 Å². The molecule has 1 unspecified atom stereocenters. The van der Waals surface area contributed by atoms with Crippen molar-refractivity contribution in [3.8, 4) is 5.75 Å². The van der Waals surface area contributed by atoms with Crippen molar-refractivity contribution in [2.24, 2.45) is 0 Å². The summed E-state index contributed by atoms with van der Waals surface area (Å²) in [6.45, 7) is 3.04. The topological polar surface area (TPSA) is 55.8 Å². The summed E-state index contributed by atoms with van der Waals surface area (Å²) >= 11 is 0. The number of carboxylic acids is 1. The predicted octanol–water partition coefficient (Wildman–Crippen LogP) is 2.25. The van der Waals surface area contributed by atoms with Crippen LogP contribution in [0.1, 0.15) is 28.8 Å². The molecule has 0 amide bonds. The molecular weight excluding hydrogens is 220 g/mol. The fourth-order valence-electron chi connectivity index (χ4n) is 1.96. The number of ether oxygens (including phenoxy) is 2. The summed E-state index contributed by atoms with van der Waals surface area (Å²) < 4.78 is 11.1. The minimum atomic E-state index is -0.926. The SMILES string of the molecule is Cc1c(OCC2CCCO2)cccc1C(=O)O. The second kappa shape index (κ2) is 5.19. The number of rotatable bonds is 4. The largest absolute Gasteiger partial charge is 0.491 e. The van der Waals surface area contributed by atoms with E-state index in [0.29, 0.717) is 17.9 Å². The van der Waals surface area contributed by atoms with Crippen molar-refractivity contribution in [2.45, 2.75) is 25.9 Å². The third kappa shape index (κ3) is 2.77. The van der Waals surface area contributed by atoms with Crippen LogP contribution in [0, 0.1) is 6.92 Å². The highest BCUT2D eigenvalue weighted by Gasteiger charge is 2.17. The van der Waals surface area contributed by atoms with Gasteiger partial charge < -0.3 is 14.6 Å². The zero-order chi connectivity index (χ0) is 12.3. The molecule has 1 heterocycles. The van der Waals surface area contributed by atoms with E-state index in [1.54, 1.807) is 25.1 Å². The van der Waals surface area contributed by atoms with Gasteiger partial charge in [-0.2, -0.15) is 0 Å². The predicted molar refractivity (Wildman–Crippen MR) is 62.6 cm³/mol. The Kier molecular flexibility index (Phi) is 3.64. The highest BCUT2D eigenvalue weighted by atomic mass is 16.5. The van der Waals surface area contributed by atoms with Crippen LogP contribution >= 0.6 is 0 Å². The Balaban J connectivity index is 2.04. The summed E-state index contributed by atoms with van der Waals surface area (Å²) in [6, 6.07) is 5.06. The van der Waals surface area contributed by atoms with E-state index in [1.807, 2.05) is 0 Å². The maximum Gasteiger partial charge on any atom is 0.336 e. The van der Waals surface area contributed by atoms with Gasteiger partial charge in [-0.1, -0.05) is 6.07 Å². The maximum absolute atomic E-state index is 11.0. The summed E-state index contributed by atoms with van der Waals surface area (Å²) in [6.07, 6.45) is 2.22. The van der Waals surface area contributed by atoms with E-state index < -0.39 is 5.97 Å². The van der Waals surface area contributed by atoms with Gasteiger partial charge in [-0.3, -0.25) is 0 Å². The van der Waals surface area contributed by atoms with E-state index in [2.05, 4.69) is 0 Å². The van der Waals surface area contributed by atoms with Crippen LogP contribution in [0.25, 0.3) is 0 Å². The Hall–Kier alpha value is -1.55. The number of benzene rings is 1. The zero-order valence-corrected chi connectivity index (χ0v) is 9.81. The molecule has 0 aliphatic carbocycles. The van der Waals surface area contributed by atoms with Crippen LogP contribution in [0.5, 0.6) is 5.75 Å². The van der Waals surface area contributed by atoms with Gasteiger partial charge in [0, 0.05) is 12.2 Å². The Morgan fingerprint density at radius 1 is 1.59 bits per heavy atom. The minimum absolute atomic E-state index is 0.142. The Morgan fingerprint density at radius 3 is 3.06 bits per heavy atom. The average Bonchev–Trinajstić information content (AvgIpc) is 2.80. The second-order valence-electron chi connectivity index (χ2n) is 4.18. The zero-order valence-electron chi connectivity index (χ0n) is 9.81. The van der Waals surface area contributed by atoms with Crippen molar-refractivity contribution in [3.63, 3.8) is 0 Å². The van der Waals surface area contributed by atoms with E-state index in [0.717, 1.165) is 19.4 Å². The Morgan fingerprint density at radius 2 is 2.41 bits per heavy atom. The molecule has 1 aromatic rings. The summed E-state index contributed by atoms with van der Waals surface area (Å²) in [5.41, 5.74) is 0.952. The van der Waals surface area contributed by atoms with Gasteiger partial charge in [0.05, 0.1) is 11.7 Å². The molecule has 4 heteroatoms. The quantitative estimate of drug-likeness (QED) is 0.871. The molecule has 1 saturated heterocycles. The molecule has 1 aliphatic rings. The van der Waals surface area contributed by atoms with Crippen molar-refractivity contribution in [1.29, 1.82) is 0 Å². The molecule has 0 aromatic heterocycles. The molecule has 0 radical (unpaired) electrons. The van der Waals surface area contributed by atoms with Crippen molar-refractivity contribution in [2.75, 3.05) is 13.2 Å². The standard InChI is InChI=1S/C13H16O4/c1-9-11(13(14)15)5-2-6-12(9)17-8-10-4-3-7-16-10/h2,5-6,10H,3-4,7-8H2,1H3,(H,14,15). The van der Waals surface area contributed by atoms with Gasteiger partial charge in [-0.15, -0.1) is 0 Å². The molecule has 0 bridgehead atoms. The number of aromatic carboxylic acids is 1. The van der Waals surface area contributed by atoms with Crippen LogP contribution in [0.3, 0.4) is 0 Å².